The first kappa shape index (κ1) is 15.0. The van der Waals surface area contributed by atoms with Crippen LogP contribution in [0.4, 0.5) is 10.5 Å². The van der Waals surface area contributed by atoms with Crippen LogP contribution < -0.4 is 10.6 Å². The molecule has 2 rings (SSSR count). The van der Waals surface area contributed by atoms with Crippen LogP contribution in [-0.4, -0.2) is 35.2 Å². The van der Waals surface area contributed by atoms with Crippen molar-refractivity contribution in [3.05, 3.63) is 28.8 Å². The highest BCUT2D eigenvalue weighted by molar-refractivity contribution is 7.99. The van der Waals surface area contributed by atoms with Crippen molar-refractivity contribution in [1.82, 2.24) is 5.32 Å². The van der Waals surface area contributed by atoms with E-state index in [0.717, 1.165) is 17.9 Å². The maximum atomic E-state index is 11.7. The molecule has 1 aromatic rings. The van der Waals surface area contributed by atoms with Crippen molar-refractivity contribution in [2.45, 2.75) is 6.42 Å². The standard InChI is InChI=1S/C13H15ClN2O3S/c14-11-2-1-9(5-10(11)12(17)18)16-13(19)15-6-8-3-4-20-7-8/h1-2,5,8H,3-4,6-7H2,(H,17,18)(H2,15,16,19). The van der Waals surface area contributed by atoms with Gasteiger partial charge in [-0.05, 0) is 42.0 Å². The lowest BCUT2D eigenvalue weighted by Crippen LogP contribution is -2.33. The number of hydrogen-bond acceptors (Lipinski definition) is 3. The van der Waals surface area contributed by atoms with E-state index in [1.807, 2.05) is 11.8 Å². The Kier molecular flexibility index (Phi) is 5.14. The van der Waals surface area contributed by atoms with E-state index in [-0.39, 0.29) is 16.6 Å². The Balaban J connectivity index is 1.90. The molecule has 1 unspecified atom stereocenters. The van der Waals surface area contributed by atoms with Gasteiger partial charge in [0.15, 0.2) is 0 Å². The molecule has 1 aliphatic rings. The summed E-state index contributed by atoms with van der Waals surface area (Å²) < 4.78 is 0. The van der Waals surface area contributed by atoms with E-state index < -0.39 is 5.97 Å². The molecule has 1 fully saturated rings. The molecule has 108 valence electrons. The average molecular weight is 315 g/mol. The molecule has 0 radical (unpaired) electrons. The van der Waals surface area contributed by atoms with Gasteiger partial charge < -0.3 is 15.7 Å². The van der Waals surface area contributed by atoms with Gasteiger partial charge in [-0.3, -0.25) is 0 Å². The molecular weight excluding hydrogens is 300 g/mol. The molecule has 0 saturated carbocycles. The molecule has 7 heteroatoms. The fourth-order valence-electron chi connectivity index (χ4n) is 1.92. The lowest BCUT2D eigenvalue weighted by molar-refractivity contribution is 0.0697. The van der Waals surface area contributed by atoms with Crippen LogP contribution in [0.15, 0.2) is 18.2 Å². The number of halogens is 1. The molecule has 0 bridgehead atoms. The Morgan fingerprint density at radius 2 is 2.25 bits per heavy atom. The normalized spacial score (nSPS) is 17.8. The average Bonchev–Trinajstić information content (AvgIpc) is 2.91. The first-order valence-corrected chi connectivity index (χ1v) is 7.75. The summed E-state index contributed by atoms with van der Waals surface area (Å²) in [5.74, 6) is 1.62. The Hall–Kier alpha value is -1.40. The van der Waals surface area contributed by atoms with E-state index >= 15 is 0 Å². The van der Waals surface area contributed by atoms with Gasteiger partial charge in [0, 0.05) is 12.2 Å². The molecule has 20 heavy (non-hydrogen) atoms. The number of carboxylic acid groups (broad SMARTS) is 1. The summed E-state index contributed by atoms with van der Waals surface area (Å²) in [7, 11) is 0. The lowest BCUT2D eigenvalue weighted by Gasteiger charge is -2.11. The van der Waals surface area contributed by atoms with E-state index in [2.05, 4.69) is 10.6 Å². The number of aromatic carboxylic acids is 1. The number of benzene rings is 1. The summed E-state index contributed by atoms with van der Waals surface area (Å²) >= 11 is 7.66. The van der Waals surface area contributed by atoms with E-state index in [0.29, 0.717) is 18.2 Å². The fourth-order valence-corrected chi connectivity index (χ4v) is 3.41. The number of carbonyl (C=O) groups is 2. The van der Waals surface area contributed by atoms with Gasteiger partial charge in [0.1, 0.15) is 0 Å². The first-order valence-electron chi connectivity index (χ1n) is 6.21. The molecule has 3 N–H and O–H groups in total. The second-order valence-corrected chi connectivity index (χ2v) is 6.12. The monoisotopic (exact) mass is 314 g/mol. The van der Waals surface area contributed by atoms with E-state index in [1.165, 1.54) is 12.1 Å². The molecule has 1 atom stereocenters. The third kappa shape index (κ3) is 4.05. The summed E-state index contributed by atoms with van der Waals surface area (Å²) in [4.78, 5) is 22.7. The molecule has 1 aliphatic heterocycles. The molecule has 0 spiro atoms. The SMILES string of the molecule is O=C(NCC1CCSC1)Nc1ccc(Cl)c(C(=O)O)c1. The lowest BCUT2D eigenvalue weighted by atomic mass is 10.1. The molecule has 1 saturated heterocycles. The minimum atomic E-state index is -1.12. The molecule has 2 amide bonds. The first-order chi connectivity index (χ1) is 9.56. The second kappa shape index (κ2) is 6.85. The number of carbonyl (C=O) groups excluding carboxylic acids is 1. The zero-order valence-corrected chi connectivity index (χ0v) is 12.3. The minimum Gasteiger partial charge on any atom is -0.478 e. The summed E-state index contributed by atoms with van der Waals surface area (Å²) in [6.07, 6.45) is 1.12. The highest BCUT2D eigenvalue weighted by atomic mass is 35.5. The van der Waals surface area contributed by atoms with Crippen LogP contribution in [0, 0.1) is 5.92 Å². The maximum absolute atomic E-state index is 11.7. The largest absolute Gasteiger partial charge is 0.478 e. The van der Waals surface area contributed by atoms with Crippen LogP contribution in [0.2, 0.25) is 5.02 Å². The van der Waals surface area contributed by atoms with E-state index in [1.54, 1.807) is 6.07 Å². The van der Waals surface area contributed by atoms with Crippen LogP contribution in [0.25, 0.3) is 0 Å². The zero-order valence-electron chi connectivity index (χ0n) is 10.7. The fraction of sp³-hybridized carbons (Fsp3) is 0.385. The molecule has 1 heterocycles. The van der Waals surface area contributed by atoms with Gasteiger partial charge in [0.25, 0.3) is 0 Å². The second-order valence-electron chi connectivity index (χ2n) is 4.56. The summed E-state index contributed by atoms with van der Waals surface area (Å²) in [6.45, 7) is 0.637. The van der Waals surface area contributed by atoms with Crippen molar-refractivity contribution in [1.29, 1.82) is 0 Å². The van der Waals surface area contributed by atoms with Crippen LogP contribution in [0.3, 0.4) is 0 Å². The van der Waals surface area contributed by atoms with Crippen LogP contribution >= 0.6 is 23.4 Å². The third-order valence-electron chi connectivity index (χ3n) is 3.03. The maximum Gasteiger partial charge on any atom is 0.337 e. The predicted molar refractivity (Wildman–Crippen MR) is 80.9 cm³/mol. The summed E-state index contributed by atoms with van der Waals surface area (Å²) in [5, 5.41) is 14.5. The van der Waals surface area contributed by atoms with Crippen LogP contribution in [0.5, 0.6) is 0 Å². The van der Waals surface area contributed by atoms with E-state index in [4.69, 9.17) is 16.7 Å². The Bertz CT molecular complexity index is 518. The molecule has 5 nitrogen and oxygen atoms in total. The number of carboxylic acids is 1. The molecule has 0 aromatic heterocycles. The van der Waals surface area contributed by atoms with Crippen molar-refractivity contribution >= 4 is 41.1 Å². The quantitative estimate of drug-likeness (QED) is 0.798. The van der Waals surface area contributed by atoms with Crippen molar-refractivity contribution < 1.29 is 14.7 Å². The van der Waals surface area contributed by atoms with Crippen LogP contribution in [0.1, 0.15) is 16.8 Å². The predicted octanol–water partition coefficient (Wildman–Crippen LogP) is 2.91. The smallest absolute Gasteiger partial charge is 0.337 e. The Labute approximate surface area is 126 Å². The molecular formula is C13H15ClN2O3S. The van der Waals surface area contributed by atoms with Crippen LogP contribution in [-0.2, 0) is 0 Å². The van der Waals surface area contributed by atoms with Gasteiger partial charge in [0.05, 0.1) is 10.6 Å². The van der Waals surface area contributed by atoms with Crippen molar-refractivity contribution in [2.24, 2.45) is 5.92 Å². The van der Waals surface area contributed by atoms with Gasteiger partial charge in [-0.2, -0.15) is 11.8 Å². The van der Waals surface area contributed by atoms with Crippen molar-refractivity contribution in [2.75, 3.05) is 23.4 Å². The zero-order chi connectivity index (χ0) is 14.5. The number of rotatable bonds is 4. The van der Waals surface area contributed by atoms with Gasteiger partial charge in [-0.15, -0.1) is 0 Å². The Morgan fingerprint density at radius 3 is 2.90 bits per heavy atom. The molecule has 0 aliphatic carbocycles. The Morgan fingerprint density at radius 1 is 1.45 bits per heavy atom. The number of hydrogen-bond donors (Lipinski definition) is 3. The summed E-state index contributed by atoms with van der Waals surface area (Å²) in [6, 6.07) is 4.03. The third-order valence-corrected chi connectivity index (χ3v) is 4.59. The van der Waals surface area contributed by atoms with Gasteiger partial charge in [0.2, 0.25) is 0 Å². The van der Waals surface area contributed by atoms with Crippen molar-refractivity contribution in [3.8, 4) is 0 Å². The topological polar surface area (TPSA) is 78.4 Å². The van der Waals surface area contributed by atoms with Gasteiger partial charge in [-0.25, -0.2) is 9.59 Å². The van der Waals surface area contributed by atoms with Gasteiger partial charge >= 0.3 is 12.0 Å². The van der Waals surface area contributed by atoms with E-state index in [9.17, 15) is 9.59 Å². The highest BCUT2D eigenvalue weighted by Crippen LogP contribution is 2.23. The number of thioether (sulfide) groups is 1. The molecule has 1 aromatic carbocycles. The highest BCUT2D eigenvalue weighted by Gasteiger charge is 2.16. The summed E-state index contributed by atoms with van der Waals surface area (Å²) in [5.41, 5.74) is 0.377. The number of anilines is 1. The van der Waals surface area contributed by atoms with Crippen molar-refractivity contribution in [3.63, 3.8) is 0 Å². The number of amides is 2. The number of nitrogens with one attached hydrogen (secondary N) is 2. The minimum absolute atomic E-state index is 0.0309. The number of urea groups is 1. The van der Waals surface area contributed by atoms with Gasteiger partial charge in [-0.1, -0.05) is 11.6 Å².